The van der Waals surface area contributed by atoms with Gasteiger partial charge in [0.25, 0.3) is 0 Å². The van der Waals surface area contributed by atoms with E-state index in [4.69, 9.17) is 11.6 Å². The van der Waals surface area contributed by atoms with Crippen molar-refractivity contribution in [1.29, 1.82) is 0 Å². The molecular formula is C21H21ClN2O. The molecule has 0 saturated heterocycles. The first-order chi connectivity index (χ1) is 12.2. The van der Waals surface area contributed by atoms with E-state index in [2.05, 4.69) is 41.0 Å². The van der Waals surface area contributed by atoms with E-state index in [-0.39, 0.29) is 11.9 Å². The van der Waals surface area contributed by atoms with Crippen LogP contribution in [0.5, 0.6) is 0 Å². The second kappa shape index (κ2) is 6.57. The summed E-state index contributed by atoms with van der Waals surface area (Å²) in [6.07, 6.45) is 6.06. The Morgan fingerprint density at radius 1 is 1.24 bits per heavy atom. The summed E-state index contributed by atoms with van der Waals surface area (Å²) in [5, 5.41) is 7.45. The average Bonchev–Trinajstić information content (AvgIpc) is 3.12. The lowest BCUT2D eigenvalue weighted by Crippen LogP contribution is -2.29. The Labute approximate surface area is 153 Å². The molecule has 2 aromatic carbocycles. The molecular weight excluding hydrogens is 332 g/mol. The number of anilines is 2. The molecule has 0 bridgehead atoms. The van der Waals surface area contributed by atoms with Gasteiger partial charge in [-0.25, -0.2) is 0 Å². The minimum Gasteiger partial charge on any atom is -0.378 e. The molecule has 3 nitrogen and oxygen atoms in total. The van der Waals surface area contributed by atoms with Crippen LogP contribution in [-0.4, -0.2) is 5.91 Å². The van der Waals surface area contributed by atoms with Gasteiger partial charge in [-0.15, -0.1) is 0 Å². The summed E-state index contributed by atoms with van der Waals surface area (Å²) < 4.78 is 0. The van der Waals surface area contributed by atoms with Crippen molar-refractivity contribution in [2.45, 2.75) is 31.7 Å². The molecule has 25 heavy (non-hydrogen) atoms. The fraction of sp³-hybridized carbons (Fsp3) is 0.286. The second-order valence-electron chi connectivity index (χ2n) is 6.70. The summed E-state index contributed by atoms with van der Waals surface area (Å²) in [4.78, 5) is 11.7. The number of benzene rings is 2. The third-order valence-electron chi connectivity index (χ3n) is 5.21. The van der Waals surface area contributed by atoms with Gasteiger partial charge in [0, 0.05) is 28.7 Å². The highest BCUT2D eigenvalue weighted by molar-refractivity contribution is 6.31. The van der Waals surface area contributed by atoms with Gasteiger partial charge in [0.1, 0.15) is 0 Å². The zero-order chi connectivity index (χ0) is 17.4. The first-order valence-corrected chi connectivity index (χ1v) is 9.16. The predicted octanol–water partition coefficient (Wildman–Crippen LogP) is 5.52. The van der Waals surface area contributed by atoms with Gasteiger partial charge in [-0.05, 0) is 47.7 Å². The van der Waals surface area contributed by atoms with Crippen LogP contribution in [0.1, 0.15) is 42.9 Å². The van der Waals surface area contributed by atoms with Crippen molar-refractivity contribution in [3.8, 4) is 0 Å². The van der Waals surface area contributed by atoms with Crippen molar-refractivity contribution in [1.82, 2.24) is 0 Å². The molecule has 4 heteroatoms. The lowest BCUT2D eigenvalue weighted by molar-refractivity contribution is -0.115. The highest BCUT2D eigenvalue weighted by Crippen LogP contribution is 2.51. The van der Waals surface area contributed by atoms with Crippen LogP contribution in [0, 0.1) is 5.92 Å². The maximum Gasteiger partial charge on any atom is 0.224 e. The van der Waals surface area contributed by atoms with Crippen LogP contribution < -0.4 is 10.6 Å². The number of hydrogen-bond donors (Lipinski definition) is 2. The van der Waals surface area contributed by atoms with Gasteiger partial charge in [0.2, 0.25) is 5.91 Å². The maximum atomic E-state index is 11.7. The standard InChI is InChI=1S/C21H21ClN2O/c1-2-20(25)23-13-10-11-19-17(12-13)14-7-5-8-15(14)21(24-19)16-6-3-4-9-18(16)22/h3-7,9-12,14-15,21,24H,2,8H2,1H3,(H,23,25). The smallest absolute Gasteiger partial charge is 0.224 e. The molecule has 1 aliphatic heterocycles. The number of allylic oxidation sites excluding steroid dienone is 2. The molecule has 4 rings (SSSR count). The SMILES string of the molecule is CCC(=O)Nc1ccc2c(c1)C1C=CCC1C(c1ccccc1Cl)N2. The summed E-state index contributed by atoms with van der Waals surface area (Å²) in [6.45, 7) is 1.86. The van der Waals surface area contributed by atoms with Crippen LogP contribution in [0.2, 0.25) is 5.02 Å². The van der Waals surface area contributed by atoms with Crippen LogP contribution in [0.3, 0.4) is 0 Å². The van der Waals surface area contributed by atoms with Crippen molar-refractivity contribution in [3.05, 3.63) is 70.8 Å². The first kappa shape index (κ1) is 16.2. The predicted molar refractivity (Wildman–Crippen MR) is 103 cm³/mol. The quantitative estimate of drug-likeness (QED) is 0.714. The third-order valence-corrected chi connectivity index (χ3v) is 5.55. The Hall–Kier alpha value is -2.26. The molecule has 1 heterocycles. The van der Waals surface area contributed by atoms with E-state index in [9.17, 15) is 4.79 Å². The van der Waals surface area contributed by atoms with E-state index < -0.39 is 0 Å². The van der Waals surface area contributed by atoms with E-state index >= 15 is 0 Å². The van der Waals surface area contributed by atoms with E-state index in [0.29, 0.717) is 18.3 Å². The first-order valence-electron chi connectivity index (χ1n) is 8.79. The molecule has 1 aliphatic carbocycles. The van der Waals surface area contributed by atoms with Crippen LogP contribution >= 0.6 is 11.6 Å². The van der Waals surface area contributed by atoms with Crippen molar-refractivity contribution in [2.24, 2.45) is 5.92 Å². The van der Waals surface area contributed by atoms with E-state index in [0.717, 1.165) is 28.4 Å². The van der Waals surface area contributed by atoms with Gasteiger partial charge in [-0.3, -0.25) is 4.79 Å². The maximum absolute atomic E-state index is 11.7. The van der Waals surface area contributed by atoms with Crippen molar-refractivity contribution in [2.75, 3.05) is 10.6 Å². The molecule has 2 N–H and O–H groups in total. The number of nitrogens with one attached hydrogen (secondary N) is 2. The number of fused-ring (bicyclic) bond motifs is 3. The number of rotatable bonds is 3. The Morgan fingerprint density at radius 3 is 2.88 bits per heavy atom. The summed E-state index contributed by atoms with van der Waals surface area (Å²) in [5.74, 6) is 0.816. The molecule has 0 radical (unpaired) electrons. The van der Waals surface area contributed by atoms with Crippen LogP contribution in [-0.2, 0) is 4.79 Å². The number of amides is 1. The Kier molecular flexibility index (Phi) is 4.26. The van der Waals surface area contributed by atoms with Gasteiger partial charge >= 0.3 is 0 Å². The summed E-state index contributed by atoms with van der Waals surface area (Å²) in [5.41, 5.74) is 4.38. The summed E-state index contributed by atoms with van der Waals surface area (Å²) in [6, 6.07) is 14.4. The highest BCUT2D eigenvalue weighted by atomic mass is 35.5. The zero-order valence-corrected chi connectivity index (χ0v) is 14.9. The Bertz CT molecular complexity index is 846. The number of carbonyl (C=O) groups excluding carboxylic acids is 1. The summed E-state index contributed by atoms with van der Waals surface area (Å²) >= 11 is 6.47. The minimum atomic E-state index is 0.0381. The molecule has 0 saturated carbocycles. The molecule has 0 aromatic heterocycles. The van der Waals surface area contributed by atoms with Crippen LogP contribution in [0.15, 0.2) is 54.6 Å². The van der Waals surface area contributed by atoms with Crippen LogP contribution in [0.25, 0.3) is 0 Å². The van der Waals surface area contributed by atoms with Crippen molar-refractivity contribution in [3.63, 3.8) is 0 Å². The fourth-order valence-corrected chi connectivity index (χ4v) is 4.21. The molecule has 0 spiro atoms. The van der Waals surface area contributed by atoms with Gasteiger partial charge in [-0.2, -0.15) is 0 Å². The Morgan fingerprint density at radius 2 is 2.08 bits per heavy atom. The molecule has 3 atom stereocenters. The van der Waals surface area contributed by atoms with E-state index in [1.165, 1.54) is 5.56 Å². The van der Waals surface area contributed by atoms with E-state index in [1.807, 2.05) is 31.2 Å². The molecule has 1 amide bonds. The lowest BCUT2D eigenvalue weighted by atomic mass is 9.77. The molecule has 128 valence electrons. The monoisotopic (exact) mass is 352 g/mol. The number of carbonyl (C=O) groups is 1. The Balaban J connectivity index is 1.71. The van der Waals surface area contributed by atoms with E-state index in [1.54, 1.807) is 0 Å². The molecule has 2 aromatic rings. The van der Waals surface area contributed by atoms with Gasteiger partial charge in [-0.1, -0.05) is 48.9 Å². The largest absolute Gasteiger partial charge is 0.378 e. The van der Waals surface area contributed by atoms with Gasteiger partial charge in [0.15, 0.2) is 0 Å². The average molecular weight is 353 g/mol. The van der Waals surface area contributed by atoms with Crippen molar-refractivity contribution < 1.29 is 4.79 Å². The summed E-state index contributed by atoms with van der Waals surface area (Å²) in [7, 11) is 0. The topological polar surface area (TPSA) is 41.1 Å². The normalized spacial score (nSPS) is 23.5. The molecule has 0 fully saturated rings. The molecule has 2 aliphatic rings. The van der Waals surface area contributed by atoms with Gasteiger partial charge in [0.05, 0.1) is 6.04 Å². The fourth-order valence-electron chi connectivity index (χ4n) is 3.96. The third kappa shape index (κ3) is 2.93. The van der Waals surface area contributed by atoms with Gasteiger partial charge < -0.3 is 10.6 Å². The molecule has 3 unspecified atom stereocenters. The zero-order valence-electron chi connectivity index (χ0n) is 14.1. The second-order valence-corrected chi connectivity index (χ2v) is 7.11. The van der Waals surface area contributed by atoms with Crippen LogP contribution in [0.4, 0.5) is 11.4 Å². The van der Waals surface area contributed by atoms with Crippen molar-refractivity contribution >= 4 is 28.9 Å². The lowest BCUT2D eigenvalue weighted by Gasteiger charge is -2.38. The minimum absolute atomic E-state index is 0.0381. The number of halogens is 1. The number of hydrogen-bond acceptors (Lipinski definition) is 2. The highest BCUT2D eigenvalue weighted by Gasteiger charge is 2.38.